The second-order valence-corrected chi connectivity index (χ2v) is 5.23. The van der Waals surface area contributed by atoms with Crippen LogP contribution >= 0.6 is 15.9 Å². The number of amides is 1. The third-order valence-electron chi connectivity index (χ3n) is 2.80. The van der Waals surface area contributed by atoms with Crippen LogP contribution in [0.3, 0.4) is 0 Å². The maximum atomic E-state index is 12.0. The molecule has 0 atom stereocenters. The number of rotatable bonds is 3. The number of hydrogen-bond donors (Lipinski definition) is 2. The van der Waals surface area contributed by atoms with E-state index < -0.39 is 0 Å². The van der Waals surface area contributed by atoms with Crippen LogP contribution in [0.15, 0.2) is 46.9 Å². The van der Waals surface area contributed by atoms with E-state index >= 15 is 0 Å². The Bertz CT molecular complexity index is 611. The van der Waals surface area contributed by atoms with E-state index in [1.54, 1.807) is 19.1 Å². The number of benzene rings is 2. The Balaban J connectivity index is 2.03. The summed E-state index contributed by atoms with van der Waals surface area (Å²) in [4.78, 5) is 12.0. The molecular formula is C15H14BrNO2. The molecule has 3 nitrogen and oxygen atoms in total. The number of halogens is 1. The minimum Gasteiger partial charge on any atom is -0.508 e. The number of aromatic hydroxyl groups is 1. The Morgan fingerprint density at radius 2 is 2.05 bits per heavy atom. The van der Waals surface area contributed by atoms with Gasteiger partial charge in [0.05, 0.1) is 0 Å². The van der Waals surface area contributed by atoms with Gasteiger partial charge in [-0.05, 0) is 48.4 Å². The average molecular weight is 320 g/mol. The molecule has 0 aliphatic heterocycles. The van der Waals surface area contributed by atoms with Crippen molar-refractivity contribution in [2.24, 2.45) is 0 Å². The van der Waals surface area contributed by atoms with E-state index in [4.69, 9.17) is 0 Å². The monoisotopic (exact) mass is 319 g/mol. The molecule has 98 valence electrons. The lowest BCUT2D eigenvalue weighted by molar-refractivity contribution is 0.0951. The van der Waals surface area contributed by atoms with Crippen molar-refractivity contribution in [3.63, 3.8) is 0 Å². The summed E-state index contributed by atoms with van der Waals surface area (Å²) in [5.41, 5.74) is 2.26. The smallest absolute Gasteiger partial charge is 0.251 e. The quantitative estimate of drug-likeness (QED) is 0.911. The summed E-state index contributed by atoms with van der Waals surface area (Å²) in [6.07, 6.45) is 0. The minimum atomic E-state index is -0.150. The largest absolute Gasteiger partial charge is 0.508 e. The van der Waals surface area contributed by atoms with E-state index in [-0.39, 0.29) is 11.7 Å². The van der Waals surface area contributed by atoms with E-state index in [1.807, 2.05) is 24.3 Å². The molecule has 1 amide bonds. The van der Waals surface area contributed by atoms with Gasteiger partial charge in [0.1, 0.15) is 5.75 Å². The third kappa shape index (κ3) is 3.58. The van der Waals surface area contributed by atoms with E-state index in [9.17, 15) is 9.90 Å². The van der Waals surface area contributed by atoms with Crippen LogP contribution < -0.4 is 5.32 Å². The van der Waals surface area contributed by atoms with Gasteiger partial charge in [0, 0.05) is 16.6 Å². The summed E-state index contributed by atoms with van der Waals surface area (Å²) in [6, 6.07) is 12.6. The molecule has 0 bridgehead atoms. The Hall–Kier alpha value is -1.81. The van der Waals surface area contributed by atoms with Crippen LogP contribution in [-0.2, 0) is 6.54 Å². The zero-order valence-corrected chi connectivity index (χ0v) is 12.1. The predicted molar refractivity (Wildman–Crippen MR) is 78.2 cm³/mol. The number of carbonyl (C=O) groups excluding carboxylic acids is 1. The van der Waals surface area contributed by atoms with Crippen molar-refractivity contribution in [2.75, 3.05) is 0 Å². The molecule has 0 aliphatic carbocycles. The number of nitrogens with one attached hydrogen (secondary N) is 1. The zero-order valence-electron chi connectivity index (χ0n) is 10.5. The normalized spacial score (nSPS) is 10.2. The summed E-state index contributed by atoms with van der Waals surface area (Å²) < 4.78 is 0.986. The first-order valence-corrected chi connectivity index (χ1v) is 6.68. The fourth-order valence-electron chi connectivity index (χ4n) is 1.73. The Morgan fingerprint density at radius 1 is 1.26 bits per heavy atom. The van der Waals surface area contributed by atoms with Gasteiger partial charge in [-0.3, -0.25) is 4.79 Å². The average Bonchev–Trinajstić information content (AvgIpc) is 2.39. The summed E-state index contributed by atoms with van der Waals surface area (Å²) in [5.74, 6) is 0.0478. The highest BCUT2D eigenvalue weighted by Gasteiger charge is 2.07. The van der Waals surface area contributed by atoms with Crippen LogP contribution in [0, 0.1) is 6.92 Å². The molecular weight excluding hydrogens is 306 g/mol. The van der Waals surface area contributed by atoms with Crippen LogP contribution in [0.25, 0.3) is 0 Å². The summed E-state index contributed by atoms with van der Waals surface area (Å²) in [5, 5.41) is 12.3. The van der Waals surface area contributed by atoms with Crippen LogP contribution in [0.5, 0.6) is 5.75 Å². The molecule has 2 N–H and O–H groups in total. The summed E-state index contributed by atoms with van der Waals surface area (Å²) in [7, 11) is 0. The molecule has 0 fully saturated rings. The second-order valence-electron chi connectivity index (χ2n) is 4.31. The molecule has 0 radical (unpaired) electrons. The van der Waals surface area contributed by atoms with Gasteiger partial charge in [0.2, 0.25) is 0 Å². The standard InChI is InChI=1S/C15H14BrNO2/c1-10-7-12(5-6-14(10)18)15(19)17-9-11-3-2-4-13(16)8-11/h2-8,18H,9H2,1H3,(H,17,19). The first-order chi connectivity index (χ1) is 9.06. The maximum Gasteiger partial charge on any atom is 0.251 e. The molecule has 2 aromatic rings. The molecule has 0 saturated carbocycles. The SMILES string of the molecule is Cc1cc(C(=O)NCc2cccc(Br)c2)ccc1O. The van der Waals surface area contributed by atoms with Gasteiger partial charge in [0.25, 0.3) is 5.91 Å². The lowest BCUT2D eigenvalue weighted by atomic mass is 10.1. The zero-order chi connectivity index (χ0) is 13.8. The fourth-order valence-corrected chi connectivity index (χ4v) is 2.17. The minimum absolute atomic E-state index is 0.150. The van der Waals surface area contributed by atoms with Crippen molar-refractivity contribution in [1.29, 1.82) is 0 Å². The topological polar surface area (TPSA) is 49.3 Å². The Labute approximate surface area is 120 Å². The van der Waals surface area contributed by atoms with Gasteiger partial charge < -0.3 is 10.4 Å². The highest BCUT2D eigenvalue weighted by molar-refractivity contribution is 9.10. The van der Waals surface area contributed by atoms with Gasteiger partial charge in [-0.15, -0.1) is 0 Å². The predicted octanol–water partition coefficient (Wildman–Crippen LogP) is 3.39. The van der Waals surface area contributed by atoms with Crippen molar-refractivity contribution in [3.8, 4) is 5.75 Å². The van der Waals surface area contributed by atoms with Gasteiger partial charge in [-0.25, -0.2) is 0 Å². The first kappa shape index (κ1) is 13.6. The van der Waals surface area contributed by atoms with Crippen LogP contribution in [-0.4, -0.2) is 11.0 Å². The second kappa shape index (κ2) is 5.89. The summed E-state index contributed by atoms with van der Waals surface area (Å²) in [6.45, 7) is 2.23. The van der Waals surface area contributed by atoms with E-state index in [2.05, 4.69) is 21.2 Å². The fraction of sp³-hybridized carbons (Fsp3) is 0.133. The van der Waals surface area contributed by atoms with Crippen LogP contribution in [0.1, 0.15) is 21.5 Å². The molecule has 0 aromatic heterocycles. The first-order valence-electron chi connectivity index (χ1n) is 5.88. The number of hydrogen-bond acceptors (Lipinski definition) is 2. The lowest BCUT2D eigenvalue weighted by Crippen LogP contribution is -2.22. The highest BCUT2D eigenvalue weighted by Crippen LogP contribution is 2.17. The molecule has 2 aromatic carbocycles. The van der Waals surface area contributed by atoms with Crippen molar-refractivity contribution < 1.29 is 9.90 Å². The Morgan fingerprint density at radius 3 is 2.74 bits per heavy atom. The molecule has 0 heterocycles. The number of phenols is 1. The van der Waals surface area contributed by atoms with Crippen molar-refractivity contribution in [3.05, 3.63) is 63.6 Å². The lowest BCUT2D eigenvalue weighted by Gasteiger charge is -2.07. The number of carbonyl (C=O) groups is 1. The van der Waals surface area contributed by atoms with E-state index in [1.165, 1.54) is 6.07 Å². The molecule has 0 saturated heterocycles. The molecule has 19 heavy (non-hydrogen) atoms. The van der Waals surface area contributed by atoms with Gasteiger partial charge >= 0.3 is 0 Å². The highest BCUT2D eigenvalue weighted by atomic mass is 79.9. The van der Waals surface area contributed by atoms with Crippen molar-refractivity contribution in [1.82, 2.24) is 5.32 Å². The molecule has 4 heteroatoms. The maximum absolute atomic E-state index is 12.0. The van der Waals surface area contributed by atoms with Gasteiger partial charge in [-0.2, -0.15) is 0 Å². The van der Waals surface area contributed by atoms with Crippen LogP contribution in [0.4, 0.5) is 0 Å². The number of aryl methyl sites for hydroxylation is 1. The Kier molecular flexibility index (Phi) is 4.22. The van der Waals surface area contributed by atoms with Gasteiger partial charge in [0.15, 0.2) is 0 Å². The number of phenolic OH excluding ortho intramolecular Hbond substituents is 1. The summed E-state index contributed by atoms with van der Waals surface area (Å²) >= 11 is 3.39. The van der Waals surface area contributed by atoms with Crippen molar-refractivity contribution in [2.45, 2.75) is 13.5 Å². The molecule has 0 unspecified atom stereocenters. The van der Waals surface area contributed by atoms with Crippen LogP contribution in [0.2, 0.25) is 0 Å². The van der Waals surface area contributed by atoms with Gasteiger partial charge in [-0.1, -0.05) is 28.1 Å². The van der Waals surface area contributed by atoms with Crippen molar-refractivity contribution >= 4 is 21.8 Å². The van der Waals surface area contributed by atoms with E-state index in [0.29, 0.717) is 17.7 Å². The molecule has 0 spiro atoms. The third-order valence-corrected chi connectivity index (χ3v) is 3.29. The molecule has 0 aliphatic rings. The molecule has 2 rings (SSSR count). The van der Waals surface area contributed by atoms with E-state index in [0.717, 1.165) is 10.0 Å².